The average Bonchev–Trinajstić information content (AvgIpc) is 2.98. The summed E-state index contributed by atoms with van der Waals surface area (Å²) in [5.74, 6) is 0. The Hall–Kier alpha value is -0.320. The van der Waals surface area contributed by atoms with Crippen molar-refractivity contribution in [3.05, 3.63) is 31.3 Å². The zero-order valence-corrected chi connectivity index (χ0v) is 13.8. The number of nitrogens with zero attached hydrogens (tertiary/aromatic N) is 1. The van der Waals surface area contributed by atoms with Gasteiger partial charge in [0.25, 0.3) is 0 Å². The van der Waals surface area contributed by atoms with Gasteiger partial charge in [0.15, 0.2) is 0 Å². The number of rotatable bonds is 6. The highest BCUT2D eigenvalue weighted by Gasteiger charge is 2.20. The second kappa shape index (κ2) is 6.42. The molecule has 0 amide bonds. The van der Waals surface area contributed by atoms with Crippen molar-refractivity contribution in [2.45, 2.75) is 17.9 Å². The zero-order chi connectivity index (χ0) is 13.9. The van der Waals surface area contributed by atoms with Crippen molar-refractivity contribution in [3.63, 3.8) is 0 Å². The second-order valence-electron chi connectivity index (χ2n) is 3.63. The van der Waals surface area contributed by atoms with E-state index in [2.05, 4.69) is 25.6 Å². The number of aromatic nitrogens is 1. The van der Waals surface area contributed by atoms with Gasteiger partial charge in [0.1, 0.15) is 4.90 Å². The Bertz CT molecular complexity index is 637. The van der Waals surface area contributed by atoms with Gasteiger partial charge in [-0.1, -0.05) is 0 Å². The first-order valence-corrected chi connectivity index (χ1v) is 9.36. The van der Waals surface area contributed by atoms with E-state index in [1.54, 1.807) is 12.3 Å². The molecule has 0 spiro atoms. The first-order valence-electron chi connectivity index (χ1n) is 5.39. The largest absolute Gasteiger partial charge is 0.326 e. The van der Waals surface area contributed by atoms with E-state index < -0.39 is 10.0 Å². The summed E-state index contributed by atoms with van der Waals surface area (Å²) in [6, 6.07) is 1.60. The molecule has 19 heavy (non-hydrogen) atoms. The van der Waals surface area contributed by atoms with Crippen molar-refractivity contribution < 1.29 is 8.42 Å². The lowest BCUT2D eigenvalue weighted by Crippen LogP contribution is -2.25. The molecule has 3 N–H and O–H groups in total. The van der Waals surface area contributed by atoms with Crippen molar-refractivity contribution in [3.8, 4) is 0 Å². The predicted octanol–water partition coefficient (Wildman–Crippen LogP) is 1.95. The summed E-state index contributed by atoms with van der Waals surface area (Å²) in [6.45, 7) is 0.661. The molecule has 2 aromatic heterocycles. The van der Waals surface area contributed by atoms with Gasteiger partial charge in [-0.25, -0.2) is 18.1 Å². The van der Waals surface area contributed by atoms with Crippen LogP contribution < -0.4 is 10.5 Å². The highest BCUT2D eigenvalue weighted by molar-refractivity contribution is 9.11. The molecule has 0 radical (unpaired) electrons. The summed E-state index contributed by atoms with van der Waals surface area (Å²) in [7, 11) is -3.50. The summed E-state index contributed by atoms with van der Waals surface area (Å²) in [5.41, 5.74) is 5.51. The van der Waals surface area contributed by atoms with Crippen LogP contribution in [0.15, 0.2) is 26.3 Å². The van der Waals surface area contributed by atoms with Crippen molar-refractivity contribution >= 4 is 48.6 Å². The molecule has 0 saturated heterocycles. The van der Waals surface area contributed by atoms with Gasteiger partial charge >= 0.3 is 0 Å². The van der Waals surface area contributed by atoms with Crippen molar-refractivity contribution in [2.24, 2.45) is 5.73 Å². The van der Waals surface area contributed by atoms with Gasteiger partial charge in [0.05, 0.1) is 8.79 Å². The third-order valence-electron chi connectivity index (χ3n) is 2.31. The van der Waals surface area contributed by atoms with Crippen LogP contribution in [0.5, 0.6) is 0 Å². The quantitative estimate of drug-likeness (QED) is 0.800. The summed E-state index contributed by atoms with van der Waals surface area (Å²) < 4.78 is 27.4. The van der Waals surface area contributed by atoms with Crippen LogP contribution in [0.1, 0.15) is 9.88 Å². The number of halogens is 1. The molecule has 0 fully saturated rings. The van der Waals surface area contributed by atoms with Gasteiger partial charge in [0, 0.05) is 36.0 Å². The average molecular weight is 382 g/mol. The van der Waals surface area contributed by atoms with Crippen LogP contribution in [0, 0.1) is 0 Å². The topological polar surface area (TPSA) is 85.1 Å². The lowest BCUT2D eigenvalue weighted by atomic mass is 10.5. The summed E-state index contributed by atoms with van der Waals surface area (Å²) in [5, 5.41) is 2.78. The van der Waals surface area contributed by atoms with E-state index in [9.17, 15) is 8.42 Å². The fourth-order valence-corrected chi connectivity index (χ4v) is 5.64. The maximum absolute atomic E-state index is 12.1. The summed E-state index contributed by atoms with van der Waals surface area (Å²) >= 11 is 6.10. The van der Waals surface area contributed by atoms with Gasteiger partial charge in [-0.2, -0.15) is 0 Å². The zero-order valence-electron chi connectivity index (χ0n) is 9.80. The predicted molar refractivity (Wildman–Crippen MR) is 80.9 cm³/mol. The van der Waals surface area contributed by atoms with Crippen molar-refractivity contribution in [1.29, 1.82) is 0 Å². The van der Waals surface area contributed by atoms with Gasteiger partial charge in [-0.15, -0.1) is 22.7 Å². The van der Waals surface area contributed by atoms with E-state index >= 15 is 0 Å². The molecular formula is C10H12BrN3O2S3. The number of nitrogens with two attached hydrogens (primary N) is 1. The molecule has 0 saturated carbocycles. The Labute approximate surface area is 128 Å². The summed E-state index contributed by atoms with van der Waals surface area (Å²) in [4.78, 5) is 5.18. The molecule has 2 aromatic rings. The number of sulfonamides is 1. The van der Waals surface area contributed by atoms with Crippen LogP contribution in [0.4, 0.5) is 0 Å². The van der Waals surface area contributed by atoms with E-state index in [4.69, 9.17) is 5.73 Å². The normalized spacial score (nSPS) is 11.9. The highest BCUT2D eigenvalue weighted by atomic mass is 79.9. The molecule has 0 bridgehead atoms. The van der Waals surface area contributed by atoms with Crippen LogP contribution in [0.2, 0.25) is 0 Å². The standard InChI is InChI=1S/C10H12BrN3O2S3/c11-10-8(5-7(6-12)18-10)19(15,16)14-2-1-9-13-3-4-17-9/h3-5,14H,1-2,6,12H2. The van der Waals surface area contributed by atoms with Crippen LogP contribution >= 0.6 is 38.6 Å². The van der Waals surface area contributed by atoms with E-state index in [1.807, 2.05) is 5.38 Å². The second-order valence-corrected chi connectivity index (χ2v) is 8.80. The molecule has 0 aromatic carbocycles. The third kappa shape index (κ3) is 3.83. The minimum Gasteiger partial charge on any atom is -0.326 e. The SMILES string of the molecule is NCc1cc(S(=O)(=O)NCCc2nccs2)c(Br)s1. The smallest absolute Gasteiger partial charge is 0.242 e. The Balaban J connectivity index is 2.03. The Morgan fingerprint density at radius 1 is 1.47 bits per heavy atom. The molecule has 0 aliphatic rings. The Morgan fingerprint density at radius 2 is 2.26 bits per heavy atom. The van der Waals surface area contributed by atoms with Crippen LogP contribution in [0.25, 0.3) is 0 Å². The van der Waals surface area contributed by atoms with Gasteiger partial charge in [-0.05, 0) is 22.0 Å². The first-order chi connectivity index (χ1) is 9.03. The van der Waals surface area contributed by atoms with Crippen LogP contribution in [-0.4, -0.2) is 19.9 Å². The maximum Gasteiger partial charge on any atom is 0.242 e. The molecule has 0 aliphatic carbocycles. The Kier molecular flexibility index (Phi) is 5.09. The number of thiazole rings is 1. The lowest BCUT2D eigenvalue weighted by Gasteiger charge is -2.04. The molecule has 2 heterocycles. The van der Waals surface area contributed by atoms with E-state index in [0.717, 1.165) is 9.88 Å². The van der Waals surface area contributed by atoms with Crippen LogP contribution in [0.3, 0.4) is 0 Å². The number of hydrogen-bond donors (Lipinski definition) is 2. The monoisotopic (exact) mass is 381 g/mol. The molecule has 9 heteroatoms. The third-order valence-corrected chi connectivity index (χ3v) is 6.89. The van der Waals surface area contributed by atoms with Gasteiger partial charge < -0.3 is 5.73 Å². The molecule has 0 atom stereocenters. The van der Waals surface area contributed by atoms with Crippen LogP contribution in [-0.2, 0) is 23.0 Å². The number of thiophene rings is 1. The summed E-state index contributed by atoms with van der Waals surface area (Å²) in [6.07, 6.45) is 2.29. The fourth-order valence-electron chi connectivity index (χ4n) is 1.43. The van der Waals surface area contributed by atoms with E-state index in [-0.39, 0.29) is 4.90 Å². The number of hydrogen-bond acceptors (Lipinski definition) is 6. The maximum atomic E-state index is 12.1. The van der Waals surface area contributed by atoms with Gasteiger partial charge in [-0.3, -0.25) is 0 Å². The molecule has 2 rings (SSSR count). The lowest BCUT2D eigenvalue weighted by molar-refractivity contribution is 0.581. The molecular weight excluding hydrogens is 370 g/mol. The number of nitrogens with one attached hydrogen (secondary N) is 1. The van der Waals surface area contributed by atoms with Gasteiger partial charge in [0.2, 0.25) is 10.0 Å². The molecule has 104 valence electrons. The molecule has 0 aliphatic heterocycles. The minimum absolute atomic E-state index is 0.247. The van der Waals surface area contributed by atoms with Crippen molar-refractivity contribution in [1.82, 2.24) is 9.71 Å². The Morgan fingerprint density at radius 3 is 2.84 bits per heavy atom. The highest BCUT2D eigenvalue weighted by Crippen LogP contribution is 2.31. The fraction of sp³-hybridized carbons (Fsp3) is 0.300. The minimum atomic E-state index is -3.50. The molecule has 5 nitrogen and oxygen atoms in total. The molecule has 0 unspecified atom stereocenters. The van der Waals surface area contributed by atoms with Crippen molar-refractivity contribution in [2.75, 3.05) is 6.54 Å². The van der Waals surface area contributed by atoms with E-state index in [1.165, 1.54) is 22.7 Å². The first kappa shape index (κ1) is 15.1. The van der Waals surface area contributed by atoms with E-state index in [0.29, 0.717) is 23.3 Å².